The molecule has 0 amide bonds. The second kappa shape index (κ2) is 7.64. The first-order chi connectivity index (χ1) is 8.99. The number of rotatable bonds is 6. The molecule has 0 aromatic heterocycles. The summed E-state index contributed by atoms with van der Waals surface area (Å²) < 4.78 is 0. The maximum Gasteiger partial charge on any atom is 0.110 e. The van der Waals surface area contributed by atoms with Gasteiger partial charge in [-0.1, -0.05) is 47.0 Å². The molecule has 1 rings (SSSR count). The van der Waals surface area contributed by atoms with Crippen LogP contribution < -0.4 is 0 Å². The first-order valence-corrected chi connectivity index (χ1v) is 8.39. The normalized spacial score (nSPS) is 38.4. The van der Waals surface area contributed by atoms with Gasteiger partial charge in [0.1, 0.15) is 6.23 Å². The van der Waals surface area contributed by atoms with Crippen LogP contribution in [0.15, 0.2) is 0 Å². The van der Waals surface area contributed by atoms with E-state index in [4.69, 9.17) is 0 Å². The molecule has 6 atom stereocenters. The number of nitrogens with zero attached hydrogens (tertiary/aromatic N) is 1. The summed E-state index contributed by atoms with van der Waals surface area (Å²) >= 11 is 0. The Kier molecular flexibility index (Phi) is 6.82. The maximum atomic E-state index is 10.7. The van der Waals surface area contributed by atoms with E-state index in [0.29, 0.717) is 17.9 Å². The van der Waals surface area contributed by atoms with Crippen molar-refractivity contribution in [2.75, 3.05) is 7.05 Å². The molecule has 1 N–H and O–H groups in total. The Labute approximate surface area is 120 Å². The van der Waals surface area contributed by atoms with Gasteiger partial charge in [0.2, 0.25) is 0 Å². The molecule has 0 aromatic carbocycles. The summed E-state index contributed by atoms with van der Waals surface area (Å²) in [7, 11) is 2.10. The van der Waals surface area contributed by atoms with Gasteiger partial charge in [-0.25, -0.2) is 0 Å². The van der Waals surface area contributed by atoms with Crippen LogP contribution >= 0.6 is 0 Å². The smallest absolute Gasteiger partial charge is 0.110 e. The third kappa shape index (κ3) is 3.52. The van der Waals surface area contributed by atoms with Crippen molar-refractivity contribution in [3.05, 3.63) is 0 Å². The fourth-order valence-corrected chi connectivity index (χ4v) is 4.24. The maximum absolute atomic E-state index is 10.7. The molecule has 19 heavy (non-hydrogen) atoms. The van der Waals surface area contributed by atoms with E-state index in [9.17, 15) is 5.11 Å². The lowest BCUT2D eigenvalue weighted by atomic mass is 9.64. The summed E-state index contributed by atoms with van der Waals surface area (Å²) in [6.45, 7) is 11.5. The van der Waals surface area contributed by atoms with Crippen molar-refractivity contribution in [3.8, 4) is 0 Å². The van der Waals surface area contributed by atoms with Crippen molar-refractivity contribution in [1.29, 1.82) is 0 Å². The van der Waals surface area contributed by atoms with Gasteiger partial charge in [0.15, 0.2) is 0 Å². The Hall–Kier alpha value is -0.0800. The van der Waals surface area contributed by atoms with Crippen LogP contribution in [0.4, 0.5) is 0 Å². The molecule has 0 spiro atoms. The van der Waals surface area contributed by atoms with Gasteiger partial charge >= 0.3 is 0 Å². The van der Waals surface area contributed by atoms with Crippen molar-refractivity contribution < 1.29 is 5.11 Å². The first kappa shape index (κ1) is 17.0. The minimum absolute atomic E-state index is 0.248. The molecule has 114 valence electrons. The molecular formula is C17H35NO. The number of aliphatic hydroxyl groups is 1. The summed E-state index contributed by atoms with van der Waals surface area (Å²) in [5.74, 6) is 2.60. The molecule has 1 heterocycles. The van der Waals surface area contributed by atoms with Crippen LogP contribution in [0.2, 0.25) is 0 Å². The lowest BCUT2D eigenvalue weighted by Crippen LogP contribution is -2.57. The predicted molar refractivity (Wildman–Crippen MR) is 83.0 cm³/mol. The minimum atomic E-state index is -0.248. The van der Waals surface area contributed by atoms with E-state index in [-0.39, 0.29) is 6.23 Å². The lowest BCUT2D eigenvalue weighted by molar-refractivity contribution is -0.143. The predicted octanol–water partition coefficient (Wildman–Crippen LogP) is 4.13. The second-order valence-electron chi connectivity index (χ2n) is 6.69. The zero-order valence-electron chi connectivity index (χ0n) is 13.9. The highest BCUT2D eigenvalue weighted by molar-refractivity contribution is 4.94. The summed E-state index contributed by atoms with van der Waals surface area (Å²) in [4.78, 5) is 2.22. The highest BCUT2D eigenvalue weighted by atomic mass is 16.3. The van der Waals surface area contributed by atoms with Crippen LogP contribution in [0.3, 0.4) is 0 Å². The van der Waals surface area contributed by atoms with Crippen molar-refractivity contribution in [3.63, 3.8) is 0 Å². The topological polar surface area (TPSA) is 23.5 Å². The number of hydrogen-bond acceptors (Lipinski definition) is 2. The molecule has 2 heteroatoms. The van der Waals surface area contributed by atoms with Gasteiger partial charge in [0, 0.05) is 12.0 Å². The van der Waals surface area contributed by atoms with Gasteiger partial charge in [-0.15, -0.1) is 0 Å². The molecule has 0 saturated carbocycles. The fraction of sp³-hybridized carbons (Fsp3) is 1.00. The number of likely N-dealkylation sites (tertiary alicyclic amines) is 1. The van der Waals surface area contributed by atoms with Crippen LogP contribution in [0.1, 0.15) is 66.7 Å². The van der Waals surface area contributed by atoms with Crippen molar-refractivity contribution in [2.24, 2.45) is 23.7 Å². The van der Waals surface area contributed by atoms with Gasteiger partial charge in [0.25, 0.3) is 0 Å². The molecule has 0 aromatic rings. The van der Waals surface area contributed by atoms with Crippen LogP contribution in [-0.4, -0.2) is 29.3 Å². The zero-order chi connectivity index (χ0) is 14.6. The molecule has 1 saturated heterocycles. The Bertz CT molecular complexity index is 236. The molecule has 0 bridgehead atoms. The van der Waals surface area contributed by atoms with Gasteiger partial charge < -0.3 is 5.11 Å². The van der Waals surface area contributed by atoms with Crippen molar-refractivity contribution in [1.82, 2.24) is 4.90 Å². The van der Waals surface area contributed by atoms with Crippen LogP contribution in [-0.2, 0) is 0 Å². The molecular weight excluding hydrogens is 234 g/mol. The molecule has 1 aliphatic heterocycles. The first-order valence-electron chi connectivity index (χ1n) is 8.39. The Morgan fingerprint density at radius 3 is 2.05 bits per heavy atom. The largest absolute Gasteiger partial charge is 0.378 e. The van der Waals surface area contributed by atoms with Crippen LogP contribution in [0, 0.1) is 23.7 Å². The van der Waals surface area contributed by atoms with E-state index in [1.54, 1.807) is 0 Å². The minimum Gasteiger partial charge on any atom is -0.378 e. The fourth-order valence-electron chi connectivity index (χ4n) is 4.24. The number of aliphatic hydroxyl groups excluding tert-OH is 1. The quantitative estimate of drug-likeness (QED) is 0.783. The summed E-state index contributed by atoms with van der Waals surface area (Å²) in [6, 6.07) is 0.502. The Morgan fingerprint density at radius 1 is 1.05 bits per heavy atom. The SMILES string of the molecule is CCCC1C(C(C)CC)C(CCC)C(O)N(C)C1C. The standard InChI is InChI=1S/C17H35NO/c1-7-10-14-13(5)18(6)17(19)15(11-8-2)16(14)12(4)9-3/h12-17,19H,7-11H2,1-6H3. The zero-order valence-corrected chi connectivity index (χ0v) is 13.9. The highest BCUT2D eigenvalue weighted by Gasteiger charge is 2.45. The van der Waals surface area contributed by atoms with E-state index in [2.05, 4.69) is 46.6 Å². The Morgan fingerprint density at radius 2 is 1.58 bits per heavy atom. The van der Waals surface area contributed by atoms with Gasteiger partial charge in [0.05, 0.1) is 0 Å². The van der Waals surface area contributed by atoms with E-state index in [1.165, 1.54) is 25.7 Å². The third-order valence-corrected chi connectivity index (χ3v) is 5.60. The van der Waals surface area contributed by atoms with E-state index >= 15 is 0 Å². The Balaban J connectivity index is 3.03. The van der Waals surface area contributed by atoms with E-state index in [0.717, 1.165) is 18.3 Å². The van der Waals surface area contributed by atoms with E-state index in [1.807, 2.05) is 0 Å². The second-order valence-corrected chi connectivity index (χ2v) is 6.69. The molecule has 1 fully saturated rings. The van der Waals surface area contributed by atoms with Gasteiger partial charge in [-0.3, -0.25) is 4.90 Å². The lowest BCUT2D eigenvalue weighted by Gasteiger charge is -2.52. The number of piperidine rings is 1. The van der Waals surface area contributed by atoms with Crippen molar-refractivity contribution in [2.45, 2.75) is 79.0 Å². The average molecular weight is 269 g/mol. The number of hydrogen-bond donors (Lipinski definition) is 1. The summed E-state index contributed by atoms with van der Waals surface area (Å²) in [5, 5.41) is 10.7. The average Bonchev–Trinajstić information content (AvgIpc) is 2.41. The highest BCUT2D eigenvalue weighted by Crippen LogP contribution is 2.44. The van der Waals surface area contributed by atoms with Crippen LogP contribution in [0.5, 0.6) is 0 Å². The molecule has 2 nitrogen and oxygen atoms in total. The van der Waals surface area contributed by atoms with Crippen LogP contribution in [0.25, 0.3) is 0 Å². The summed E-state index contributed by atoms with van der Waals surface area (Å²) in [5.41, 5.74) is 0. The van der Waals surface area contributed by atoms with Crippen molar-refractivity contribution >= 4 is 0 Å². The van der Waals surface area contributed by atoms with Gasteiger partial charge in [-0.05, 0) is 44.6 Å². The van der Waals surface area contributed by atoms with Gasteiger partial charge in [-0.2, -0.15) is 0 Å². The molecule has 1 aliphatic rings. The monoisotopic (exact) mass is 269 g/mol. The molecule has 0 aliphatic carbocycles. The third-order valence-electron chi connectivity index (χ3n) is 5.60. The summed E-state index contributed by atoms with van der Waals surface area (Å²) in [6.07, 6.45) is 5.87. The molecule has 0 radical (unpaired) electrons. The molecule has 6 unspecified atom stereocenters. The van der Waals surface area contributed by atoms with E-state index < -0.39 is 0 Å².